The van der Waals surface area contributed by atoms with Crippen LogP contribution in [0.4, 0.5) is 0 Å². The third-order valence-electron chi connectivity index (χ3n) is 22.0. The fourth-order valence-corrected chi connectivity index (χ4v) is 19.4. The number of phenolic OH excluding ortho intramolecular Hbond substituents is 1. The van der Waals surface area contributed by atoms with E-state index in [4.69, 9.17) is 14.2 Å². The van der Waals surface area contributed by atoms with Gasteiger partial charge in [-0.3, -0.25) is 19.4 Å². The van der Waals surface area contributed by atoms with E-state index in [2.05, 4.69) is 69.6 Å². The smallest absolute Gasteiger partial charge is 0.172 e. The summed E-state index contributed by atoms with van der Waals surface area (Å²) >= 11 is 2.48. The Bertz CT molecular complexity index is 2380. The Balaban J connectivity index is 0.000000133. The molecule has 8 fully saturated rings. The summed E-state index contributed by atoms with van der Waals surface area (Å²) in [5.74, 6) is 6.78. The molecule has 13 rings (SSSR count). The average molecular weight is 1140 g/mol. The quantitative estimate of drug-likeness (QED) is 0.137. The Kier molecular flexibility index (Phi) is 17.1. The number of likely N-dealkylation sites (tertiary alicyclic amines) is 2. The first-order valence-corrected chi connectivity index (χ1v) is 32.0. The first kappa shape index (κ1) is 54.4. The topological polar surface area (TPSA) is 109 Å². The normalized spacial score (nSPS) is 36.1. The minimum Gasteiger partial charge on any atom is -0.508 e. The van der Waals surface area contributed by atoms with Crippen molar-refractivity contribution < 1.29 is 34.0 Å². The SMILES string of the molecule is C[C@]1(O)CCC2C3CCC4=CC(=O)CCC4C3CC[C@@]21CCOc1cccc(CN2CCCCC2)c1.O=C1CCC2C3CCC4=C(CCC5(C4)OCCO5)C3CC[C@]12CCI.Oc1cccc(CN2CCCCC2)c1. The van der Waals surface area contributed by atoms with Crippen LogP contribution in [0, 0.1) is 52.3 Å². The van der Waals surface area contributed by atoms with Crippen LogP contribution in [0.5, 0.6) is 11.5 Å². The zero-order chi connectivity index (χ0) is 51.6. The molecule has 2 aromatic carbocycles. The van der Waals surface area contributed by atoms with Gasteiger partial charge in [-0.2, -0.15) is 0 Å². The van der Waals surface area contributed by atoms with Gasteiger partial charge in [0, 0.05) is 54.0 Å². The van der Waals surface area contributed by atoms with Gasteiger partial charge in [-0.25, -0.2) is 0 Å². The van der Waals surface area contributed by atoms with Gasteiger partial charge >= 0.3 is 0 Å². The second kappa shape index (κ2) is 23.6. The summed E-state index contributed by atoms with van der Waals surface area (Å²) in [6, 6.07) is 16.3. The number of alkyl halides is 1. The number of aromatic hydroxyl groups is 1. The number of piperidine rings is 2. The molecule has 0 bridgehead atoms. The molecule has 7 unspecified atom stereocenters. The Morgan fingerprint density at radius 2 is 1.40 bits per heavy atom. The van der Waals surface area contributed by atoms with Crippen molar-refractivity contribution in [3.05, 3.63) is 82.5 Å². The molecule has 2 N–H and O–H groups in total. The summed E-state index contributed by atoms with van der Waals surface area (Å²) in [5, 5.41) is 21.0. The number of benzene rings is 2. The van der Waals surface area contributed by atoms with E-state index in [0.29, 0.717) is 53.5 Å². The van der Waals surface area contributed by atoms with Gasteiger partial charge in [0.1, 0.15) is 17.3 Å². The van der Waals surface area contributed by atoms with Crippen LogP contribution >= 0.6 is 22.6 Å². The number of carbonyl (C=O) groups excluding carboxylic acids is 2. The molecular weight excluding hydrogens is 1050 g/mol. The maximum atomic E-state index is 12.8. The van der Waals surface area contributed by atoms with Crippen molar-refractivity contribution in [3.8, 4) is 11.5 Å². The molecule has 2 aromatic rings. The summed E-state index contributed by atoms with van der Waals surface area (Å²) in [6.07, 6.45) is 30.6. The first-order chi connectivity index (χ1) is 36.5. The molecule has 5 saturated carbocycles. The fraction of sp³-hybridized carbons (Fsp3) is 0.723. The van der Waals surface area contributed by atoms with E-state index in [-0.39, 0.29) is 16.6 Å². The van der Waals surface area contributed by atoms with Crippen molar-refractivity contribution in [2.75, 3.05) is 50.4 Å². The van der Waals surface area contributed by atoms with Gasteiger partial charge in [-0.05, 0) is 238 Å². The predicted octanol–water partition coefficient (Wildman–Crippen LogP) is 13.5. The standard InChI is InChI=1S/C32H45NO3.C21H29IO3.C12H17NO/c1-31(35)14-13-30-29-10-8-24-21-25(34)9-11-27(24)28(29)12-15-32(30,31)16-19-36-26-7-5-6-23(20-26)22-33-17-3-2-4-18-33;22-10-9-20-7-5-16-15-6-8-21(24-11-12-25-21)13-14(15)1-2-17(16)18(20)3-4-19(20)23;14-12-6-4-5-11(9-12)10-13-7-2-1-3-8-13/h5-7,20-21,27-30,35H,2-4,8-19,22H2,1H3;16-18H,1-13H2;4-6,9,14H,1-3,7-8,10H2/t27?,28?,29?,30?,31-,32+;16?,17?,18?,20-;/m01./s1. The first-order valence-electron chi connectivity index (χ1n) is 30.5. The molecule has 10 atom stereocenters. The lowest BCUT2D eigenvalue weighted by Gasteiger charge is -2.56. The van der Waals surface area contributed by atoms with E-state index in [1.165, 1.54) is 114 Å². The lowest BCUT2D eigenvalue weighted by molar-refractivity contribution is -0.166. The van der Waals surface area contributed by atoms with E-state index < -0.39 is 5.60 Å². The van der Waals surface area contributed by atoms with Crippen LogP contribution in [-0.4, -0.2) is 93.4 Å². The number of hydrogen-bond acceptors (Lipinski definition) is 9. The number of halogens is 1. The number of carbonyl (C=O) groups is 2. The molecule has 0 radical (unpaired) electrons. The number of hydrogen-bond donors (Lipinski definition) is 2. The van der Waals surface area contributed by atoms with Gasteiger partial charge < -0.3 is 24.4 Å². The van der Waals surface area contributed by atoms with E-state index >= 15 is 0 Å². The number of rotatable bonds is 10. The lowest BCUT2D eigenvalue weighted by Crippen LogP contribution is -2.53. The molecule has 9 nitrogen and oxygen atoms in total. The van der Waals surface area contributed by atoms with Crippen molar-refractivity contribution in [3.63, 3.8) is 0 Å². The van der Waals surface area contributed by atoms with Crippen molar-refractivity contribution in [2.45, 2.75) is 192 Å². The van der Waals surface area contributed by atoms with Crippen LogP contribution in [0.2, 0.25) is 0 Å². The largest absolute Gasteiger partial charge is 0.508 e. The van der Waals surface area contributed by atoms with Gasteiger partial charge in [-0.1, -0.05) is 76.4 Å². The number of phenols is 1. The van der Waals surface area contributed by atoms with Crippen molar-refractivity contribution in [1.29, 1.82) is 0 Å². The highest BCUT2D eigenvalue weighted by Crippen LogP contribution is 2.67. The number of aliphatic hydroxyl groups is 1. The average Bonchev–Trinajstić information content (AvgIpc) is 4.10. The second-order valence-electron chi connectivity index (χ2n) is 25.8. The van der Waals surface area contributed by atoms with Crippen molar-refractivity contribution in [1.82, 2.24) is 9.80 Å². The highest BCUT2D eigenvalue weighted by molar-refractivity contribution is 14.1. The molecule has 0 aromatic heterocycles. The van der Waals surface area contributed by atoms with Crippen LogP contribution in [0.1, 0.15) is 179 Å². The molecule has 0 amide bonds. The van der Waals surface area contributed by atoms with E-state index in [9.17, 15) is 19.8 Å². The summed E-state index contributed by atoms with van der Waals surface area (Å²) in [4.78, 5) is 29.8. The minimum atomic E-state index is -0.610. The number of ketones is 2. The molecular formula is C65H91IN2O7. The fourth-order valence-electron chi connectivity index (χ4n) is 18.4. The number of fused-ring (bicyclic) bond motifs is 9. The summed E-state index contributed by atoms with van der Waals surface area (Å²) in [7, 11) is 0. The predicted molar refractivity (Wildman–Crippen MR) is 305 cm³/mol. The molecule has 8 aliphatic carbocycles. The summed E-state index contributed by atoms with van der Waals surface area (Å²) in [5.41, 5.74) is 6.81. The maximum absolute atomic E-state index is 12.8. The molecule has 410 valence electrons. The van der Waals surface area contributed by atoms with Crippen LogP contribution < -0.4 is 4.74 Å². The zero-order valence-electron chi connectivity index (χ0n) is 45.7. The lowest BCUT2D eigenvalue weighted by atomic mass is 9.49. The Morgan fingerprint density at radius 3 is 2.13 bits per heavy atom. The number of nitrogens with zero attached hydrogens (tertiary/aromatic N) is 2. The highest BCUT2D eigenvalue weighted by atomic mass is 127. The molecule has 1 spiro atoms. The number of ether oxygens (including phenoxy) is 3. The molecule has 3 aliphatic heterocycles. The molecule has 3 saturated heterocycles. The van der Waals surface area contributed by atoms with Gasteiger partial charge in [0.25, 0.3) is 0 Å². The molecule has 75 heavy (non-hydrogen) atoms. The zero-order valence-corrected chi connectivity index (χ0v) is 47.9. The van der Waals surface area contributed by atoms with Gasteiger partial charge in [-0.15, -0.1) is 0 Å². The van der Waals surface area contributed by atoms with Crippen LogP contribution in [0.15, 0.2) is 71.3 Å². The van der Waals surface area contributed by atoms with Gasteiger partial charge in [0.2, 0.25) is 0 Å². The highest BCUT2D eigenvalue weighted by Gasteiger charge is 2.63. The van der Waals surface area contributed by atoms with Crippen molar-refractivity contribution >= 4 is 34.2 Å². The Labute approximate surface area is 463 Å². The Hall–Kier alpha value is -2.61. The van der Waals surface area contributed by atoms with E-state index in [1.54, 1.807) is 17.2 Å². The minimum absolute atomic E-state index is 0.0364. The van der Waals surface area contributed by atoms with Gasteiger partial charge in [0.15, 0.2) is 11.6 Å². The Morgan fingerprint density at radius 1 is 0.680 bits per heavy atom. The van der Waals surface area contributed by atoms with Crippen LogP contribution in [0.25, 0.3) is 0 Å². The van der Waals surface area contributed by atoms with E-state index in [1.807, 2.05) is 18.2 Å². The second-order valence-corrected chi connectivity index (χ2v) is 26.9. The monoisotopic (exact) mass is 1140 g/mol. The summed E-state index contributed by atoms with van der Waals surface area (Å²) in [6.45, 7) is 11.1. The third-order valence-corrected chi connectivity index (χ3v) is 22.6. The van der Waals surface area contributed by atoms with Crippen LogP contribution in [-0.2, 0) is 32.2 Å². The number of allylic oxidation sites excluding steroid dienone is 2. The summed E-state index contributed by atoms with van der Waals surface area (Å²) < 4.78 is 19.5. The molecule has 10 heteroatoms. The maximum Gasteiger partial charge on any atom is 0.172 e. The third kappa shape index (κ3) is 11.4. The number of Topliss-reactive ketones (excluding diaryl/α,β-unsaturated/α-hetero) is 1. The van der Waals surface area contributed by atoms with Crippen LogP contribution in [0.3, 0.4) is 0 Å². The molecule has 3 heterocycles. The van der Waals surface area contributed by atoms with Gasteiger partial charge in [0.05, 0.1) is 25.4 Å². The van der Waals surface area contributed by atoms with E-state index in [0.717, 1.165) is 138 Å². The molecule has 11 aliphatic rings. The van der Waals surface area contributed by atoms with Crippen molar-refractivity contribution in [2.24, 2.45) is 52.3 Å².